The number of rotatable bonds is 3. The number of aromatic nitrogens is 1. The predicted octanol–water partition coefficient (Wildman–Crippen LogP) is 1.47. The van der Waals surface area contributed by atoms with Crippen LogP contribution in [0.4, 0.5) is 0 Å². The SMILES string of the molecule is O=C1CCCN1CC(=O)N1CCC[C@H](c2nccs2)C1. The zero-order valence-electron chi connectivity index (χ0n) is 11.5. The van der Waals surface area contributed by atoms with Crippen LogP contribution in [0.15, 0.2) is 11.6 Å². The highest BCUT2D eigenvalue weighted by Gasteiger charge is 2.29. The molecule has 0 bridgehead atoms. The summed E-state index contributed by atoms with van der Waals surface area (Å²) in [5, 5.41) is 3.11. The Hall–Kier alpha value is -1.43. The lowest BCUT2D eigenvalue weighted by Gasteiger charge is -2.33. The lowest BCUT2D eigenvalue weighted by molar-refractivity contribution is -0.139. The number of piperidine rings is 1. The van der Waals surface area contributed by atoms with Gasteiger partial charge in [0.25, 0.3) is 0 Å². The Bertz CT molecular complexity index is 489. The molecule has 0 aromatic carbocycles. The fourth-order valence-electron chi connectivity index (χ4n) is 2.98. The summed E-state index contributed by atoms with van der Waals surface area (Å²) in [6.45, 7) is 2.54. The van der Waals surface area contributed by atoms with Crippen molar-refractivity contribution < 1.29 is 9.59 Å². The second kappa shape index (κ2) is 5.91. The molecule has 2 amide bonds. The van der Waals surface area contributed by atoms with Gasteiger partial charge in [-0.25, -0.2) is 4.98 Å². The van der Waals surface area contributed by atoms with Crippen LogP contribution >= 0.6 is 11.3 Å². The van der Waals surface area contributed by atoms with E-state index in [9.17, 15) is 9.59 Å². The molecule has 108 valence electrons. The van der Waals surface area contributed by atoms with Gasteiger partial charge in [-0.3, -0.25) is 9.59 Å². The Balaban J connectivity index is 1.59. The predicted molar refractivity (Wildman–Crippen MR) is 76.5 cm³/mol. The first-order valence-electron chi connectivity index (χ1n) is 7.19. The lowest BCUT2D eigenvalue weighted by atomic mass is 9.98. The van der Waals surface area contributed by atoms with Gasteiger partial charge in [-0.1, -0.05) is 0 Å². The van der Waals surface area contributed by atoms with E-state index in [1.165, 1.54) is 0 Å². The molecule has 0 saturated carbocycles. The molecular weight excluding hydrogens is 274 g/mol. The molecule has 0 aliphatic carbocycles. The molecule has 1 aromatic rings. The van der Waals surface area contributed by atoms with Crippen molar-refractivity contribution in [1.29, 1.82) is 0 Å². The first kappa shape index (κ1) is 13.5. The van der Waals surface area contributed by atoms with Crippen molar-refractivity contribution >= 4 is 23.2 Å². The number of amides is 2. The van der Waals surface area contributed by atoms with Crippen molar-refractivity contribution in [1.82, 2.24) is 14.8 Å². The van der Waals surface area contributed by atoms with Crippen molar-refractivity contribution in [3.8, 4) is 0 Å². The Kier molecular flexibility index (Phi) is 4.00. The number of carbonyl (C=O) groups is 2. The Morgan fingerprint density at radius 2 is 2.30 bits per heavy atom. The van der Waals surface area contributed by atoms with Crippen LogP contribution in [-0.4, -0.2) is 52.8 Å². The summed E-state index contributed by atoms with van der Waals surface area (Å²) < 4.78 is 0. The van der Waals surface area contributed by atoms with E-state index in [4.69, 9.17) is 0 Å². The molecule has 2 fully saturated rings. The number of carbonyl (C=O) groups excluding carboxylic acids is 2. The second-order valence-electron chi connectivity index (χ2n) is 5.47. The monoisotopic (exact) mass is 293 g/mol. The summed E-state index contributed by atoms with van der Waals surface area (Å²) in [7, 11) is 0. The van der Waals surface area contributed by atoms with Gasteiger partial charge in [0, 0.05) is 43.5 Å². The Morgan fingerprint density at radius 1 is 1.40 bits per heavy atom. The maximum Gasteiger partial charge on any atom is 0.242 e. The summed E-state index contributed by atoms with van der Waals surface area (Å²) in [6, 6.07) is 0. The summed E-state index contributed by atoms with van der Waals surface area (Å²) in [4.78, 5) is 31.9. The van der Waals surface area contributed by atoms with Crippen LogP contribution in [0.1, 0.15) is 36.6 Å². The molecule has 1 aromatic heterocycles. The minimum absolute atomic E-state index is 0.0847. The van der Waals surface area contributed by atoms with E-state index in [-0.39, 0.29) is 18.4 Å². The first-order chi connectivity index (χ1) is 9.74. The van der Waals surface area contributed by atoms with E-state index in [2.05, 4.69) is 4.98 Å². The van der Waals surface area contributed by atoms with Crippen LogP contribution in [0, 0.1) is 0 Å². The van der Waals surface area contributed by atoms with E-state index in [0.717, 1.165) is 43.9 Å². The maximum atomic E-state index is 12.3. The van der Waals surface area contributed by atoms with E-state index in [0.29, 0.717) is 12.3 Å². The normalized spacial score (nSPS) is 23.4. The molecule has 5 nitrogen and oxygen atoms in total. The highest BCUT2D eigenvalue weighted by atomic mass is 32.1. The quantitative estimate of drug-likeness (QED) is 0.848. The molecule has 0 spiro atoms. The van der Waals surface area contributed by atoms with Gasteiger partial charge in [0.2, 0.25) is 11.8 Å². The highest BCUT2D eigenvalue weighted by molar-refractivity contribution is 7.09. The first-order valence-corrected chi connectivity index (χ1v) is 8.07. The average Bonchev–Trinajstić information content (AvgIpc) is 3.12. The van der Waals surface area contributed by atoms with Gasteiger partial charge in [-0.2, -0.15) is 0 Å². The van der Waals surface area contributed by atoms with Gasteiger partial charge in [0.1, 0.15) is 0 Å². The lowest BCUT2D eigenvalue weighted by Crippen LogP contribution is -2.44. The van der Waals surface area contributed by atoms with Gasteiger partial charge in [-0.15, -0.1) is 11.3 Å². The van der Waals surface area contributed by atoms with Crippen LogP contribution < -0.4 is 0 Å². The molecular formula is C14H19N3O2S. The topological polar surface area (TPSA) is 53.5 Å². The van der Waals surface area contributed by atoms with E-state index in [1.54, 1.807) is 16.2 Å². The Morgan fingerprint density at radius 3 is 3.00 bits per heavy atom. The molecule has 2 saturated heterocycles. The molecule has 3 rings (SSSR count). The summed E-state index contributed by atoms with van der Waals surface area (Å²) in [6.07, 6.45) is 5.41. The zero-order valence-corrected chi connectivity index (χ0v) is 12.3. The van der Waals surface area contributed by atoms with Crippen LogP contribution in [0.25, 0.3) is 0 Å². The maximum absolute atomic E-state index is 12.3. The van der Waals surface area contributed by atoms with E-state index >= 15 is 0 Å². The van der Waals surface area contributed by atoms with Crippen molar-refractivity contribution in [3.63, 3.8) is 0 Å². The van der Waals surface area contributed by atoms with E-state index in [1.807, 2.05) is 16.5 Å². The van der Waals surface area contributed by atoms with Crippen LogP contribution in [0.3, 0.4) is 0 Å². The summed E-state index contributed by atoms with van der Waals surface area (Å²) >= 11 is 1.66. The fourth-order valence-corrected chi connectivity index (χ4v) is 3.74. The number of thiazole rings is 1. The third kappa shape index (κ3) is 2.85. The van der Waals surface area contributed by atoms with E-state index < -0.39 is 0 Å². The van der Waals surface area contributed by atoms with Crippen molar-refractivity contribution in [2.75, 3.05) is 26.2 Å². The Labute approximate surface area is 122 Å². The highest BCUT2D eigenvalue weighted by Crippen LogP contribution is 2.28. The van der Waals surface area contributed by atoms with Crippen molar-refractivity contribution in [2.45, 2.75) is 31.6 Å². The summed E-state index contributed by atoms with van der Waals surface area (Å²) in [5.41, 5.74) is 0. The molecule has 0 radical (unpaired) electrons. The van der Waals surface area contributed by atoms with Gasteiger partial charge >= 0.3 is 0 Å². The molecule has 0 unspecified atom stereocenters. The summed E-state index contributed by atoms with van der Waals surface area (Å²) in [5.74, 6) is 0.565. The van der Waals surface area contributed by atoms with Crippen LogP contribution in [0.5, 0.6) is 0 Å². The average molecular weight is 293 g/mol. The van der Waals surface area contributed by atoms with Gasteiger partial charge in [0.15, 0.2) is 0 Å². The number of hydrogen-bond donors (Lipinski definition) is 0. The molecule has 1 atom stereocenters. The number of nitrogens with zero attached hydrogens (tertiary/aromatic N) is 3. The molecule has 2 aliphatic heterocycles. The molecule has 0 N–H and O–H groups in total. The second-order valence-corrected chi connectivity index (χ2v) is 6.39. The molecule has 6 heteroatoms. The van der Waals surface area contributed by atoms with Gasteiger partial charge in [0.05, 0.1) is 11.6 Å². The van der Waals surface area contributed by atoms with Crippen LogP contribution in [-0.2, 0) is 9.59 Å². The molecule has 2 aliphatic rings. The number of hydrogen-bond acceptors (Lipinski definition) is 4. The fraction of sp³-hybridized carbons (Fsp3) is 0.643. The molecule has 3 heterocycles. The standard InChI is InChI=1S/C14H19N3O2S/c18-12-4-2-7-17(12)10-13(19)16-6-1-3-11(9-16)14-15-5-8-20-14/h5,8,11H,1-4,6-7,9-10H2/t11-/m0/s1. The largest absolute Gasteiger partial charge is 0.340 e. The van der Waals surface area contributed by atoms with Crippen molar-refractivity contribution in [2.24, 2.45) is 0 Å². The minimum Gasteiger partial charge on any atom is -0.340 e. The molecule has 20 heavy (non-hydrogen) atoms. The van der Waals surface area contributed by atoms with Crippen LogP contribution in [0.2, 0.25) is 0 Å². The third-order valence-corrected chi connectivity index (χ3v) is 5.01. The zero-order chi connectivity index (χ0) is 13.9. The third-order valence-electron chi connectivity index (χ3n) is 4.07. The van der Waals surface area contributed by atoms with Gasteiger partial charge in [-0.05, 0) is 19.3 Å². The smallest absolute Gasteiger partial charge is 0.242 e. The minimum atomic E-state index is 0.0847. The number of likely N-dealkylation sites (tertiary alicyclic amines) is 2. The van der Waals surface area contributed by atoms with Gasteiger partial charge < -0.3 is 9.80 Å². The van der Waals surface area contributed by atoms with Crippen molar-refractivity contribution in [3.05, 3.63) is 16.6 Å².